The lowest BCUT2D eigenvalue weighted by molar-refractivity contribution is -0.138. The average molecular weight is 368 g/mol. The van der Waals surface area contributed by atoms with E-state index in [4.69, 9.17) is 0 Å². The zero-order valence-electron chi connectivity index (χ0n) is 15.4. The molecule has 0 aromatic rings. The Morgan fingerprint density at radius 1 is 0.654 bits per heavy atom. The molecule has 0 fully saturated rings. The maximum atomic E-state index is 11.4. The van der Waals surface area contributed by atoms with E-state index in [1.54, 1.807) is 13.8 Å². The third-order valence-corrected chi connectivity index (χ3v) is 3.02. The van der Waals surface area contributed by atoms with E-state index in [1.165, 1.54) is 0 Å². The number of nitrogens with one attached hydrogen (secondary N) is 2. The highest BCUT2D eigenvalue weighted by molar-refractivity contribution is 5.95. The van der Waals surface area contributed by atoms with Gasteiger partial charge in [0.25, 0.3) is 0 Å². The number of hydrogen-bond acceptors (Lipinski definition) is 6. The topological polar surface area (TPSA) is 111 Å². The van der Waals surface area contributed by atoms with E-state index in [9.17, 15) is 19.2 Å². The first-order valence-electron chi connectivity index (χ1n) is 8.74. The highest BCUT2D eigenvalue weighted by Gasteiger charge is 2.00. The fraction of sp³-hybridized carbons (Fsp3) is 0.556. The van der Waals surface area contributed by atoms with Gasteiger partial charge >= 0.3 is 11.9 Å². The van der Waals surface area contributed by atoms with Crippen molar-refractivity contribution in [2.45, 2.75) is 39.5 Å². The highest BCUT2D eigenvalue weighted by atomic mass is 16.5. The van der Waals surface area contributed by atoms with Gasteiger partial charge < -0.3 is 20.1 Å². The van der Waals surface area contributed by atoms with Crippen LogP contribution in [0.4, 0.5) is 0 Å². The smallest absolute Gasteiger partial charge is 0.330 e. The number of carbonyl (C=O) groups is 4. The number of rotatable bonds is 13. The summed E-state index contributed by atoms with van der Waals surface area (Å²) in [5, 5.41) is 5.34. The number of ether oxygens (including phenoxy) is 2. The molecule has 0 aliphatic carbocycles. The van der Waals surface area contributed by atoms with E-state index in [0.717, 1.165) is 50.0 Å². The lowest BCUT2D eigenvalue weighted by Crippen LogP contribution is -2.23. The van der Waals surface area contributed by atoms with Crippen LogP contribution in [-0.4, -0.2) is 50.1 Å². The summed E-state index contributed by atoms with van der Waals surface area (Å²) in [5.41, 5.74) is 0. The van der Waals surface area contributed by atoms with Gasteiger partial charge in [-0.05, 0) is 26.7 Å². The van der Waals surface area contributed by atoms with Gasteiger partial charge in [-0.3, -0.25) is 9.59 Å². The Bertz CT molecular complexity index is 468. The Morgan fingerprint density at radius 3 is 1.38 bits per heavy atom. The van der Waals surface area contributed by atoms with Gasteiger partial charge in [-0.25, -0.2) is 9.59 Å². The maximum Gasteiger partial charge on any atom is 0.330 e. The fourth-order valence-electron chi connectivity index (χ4n) is 1.81. The molecule has 2 N–H and O–H groups in total. The monoisotopic (exact) mass is 368 g/mol. The molecule has 8 heteroatoms. The maximum absolute atomic E-state index is 11.4. The molecule has 0 saturated carbocycles. The molecule has 2 amide bonds. The van der Waals surface area contributed by atoms with Crippen molar-refractivity contribution in [2.24, 2.45) is 0 Å². The number of unbranched alkanes of at least 4 members (excludes halogenated alkanes) is 3. The number of hydrogen-bond donors (Lipinski definition) is 2. The van der Waals surface area contributed by atoms with Gasteiger partial charge in [0.05, 0.1) is 13.2 Å². The third kappa shape index (κ3) is 14.9. The molecular weight excluding hydrogens is 340 g/mol. The van der Waals surface area contributed by atoms with Crippen LogP contribution in [0.3, 0.4) is 0 Å². The van der Waals surface area contributed by atoms with Crippen LogP contribution in [0.15, 0.2) is 24.3 Å². The van der Waals surface area contributed by atoms with Gasteiger partial charge in [0.1, 0.15) is 0 Å². The summed E-state index contributed by atoms with van der Waals surface area (Å²) in [6.45, 7) is 4.95. The van der Waals surface area contributed by atoms with Crippen LogP contribution in [0.2, 0.25) is 0 Å². The fourth-order valence-corrected chi connectivity index (χ4v) is 1.81. The Hall–Kier alpha value is -2.64. The van der Waals surface area contributed by atoms with Crippen LogP contribution in [0.5, 0.6) is 0 Å². The van der Waals surface area contributed by atoms with E-state index in [-0.39, 0.29) is 25.0 Å². The molecule has 0 radical (unpaired) electrons. The molecule has 8 nitrogen and oxygen atoms in total. The summed E-state index contributed by atoms with van der Waals surface area (Å²) in [7, 11) is 0. The van der Waals surface area contributed by atoms with Crippen molar-refractivity contribution >= 4 is 23.8 Å². The Labute approximate surface area is 154 Å². The first-order chi connectivity index (χ1) is 12.5. The summed E-state index contributed by atoms with van der Waals surface area (Å²) in [6, 6.07) is 0. The van der Waals surface area contributed by atoms with Gasteiger partial charge in [0, 0.05) is 37.4 Å². The van der Waals surface area contributed by atoms with E-state index >= 15 is 0 Å². The third-order valence-electron chi connectivity index (χ3n) is 3.02. The standard InChI is InChI=1S/C18H28N2O6/c1-3-25-17(23)11-9-15(21)19-13-7-5-6-8-14-20-16(22)10-12-18(24)26-4-2/h9-12H,3-8,13-14H2,1-2H3,(H,19,21)(H,20,22)/b11-9+,12-10+. The Morgan fingerprint density at radius 2 is 1.04 bits per heavy atom. The van der Waals surface area contributed by atoms with Gasteiger partial charge in [-0.2, -0.15) is 0 Å². The lowest BCUT2D eigenvalue weighted by atomic mass is 10.2. The van der Waals surface area contributed by atoms with E-state index in [0.29, 0.717) is 13.1 Å². The largest absolute Gasteiger partial charge is 0.463 e. The molecule has 0 aliphatic heterocycles. The van der Waals surface area contributed by atoms with Crippen LogP contribution in [-0.2, 0) is 28.7 Å². The molecule has 0 aromatic heterocycles. The molecule has 0 atom stereocenters. The van der Waals surface area contributed by atoms with Crippen molar-refractivity contribution < 1.29 is 28.7 Å². The van der Waals surface area contributed by atoms with Crippen molar-refractivity contribution in [3.8, 4) is 0 Å². The predicted molar refractivity (Wildman–Crippen MR) is 96.0 cm³/mol. The number of amides is 2. The van der Waals surface area contributed by atoms with Crippen LogP contribution >= 0.6 is 0 Å². The van der Waals surface area contributed by atoms with E-state index < -0.39 is 11.9 Å². The molecule has 0 spiro atoms. The second-order valence-electron chi connectivity index (χ2n) is 5.17. The van der Waals surface area contributed by atoms with Gasteiger partial charge in [-0.1, -0.05) is 12.8 Å². The van der Waals surface area contributed by atoms with E-state index in [2.05, 4.69) is 20.1 Å². The quantitative estimate of drug-likeness (QED) is 0.285. The minimum Gasteiger partial charge on any atom is -0.463 e. The van der Waals surface area contributed by atoms with Crippen LogP contribution in [0, 0.1) is 0 Å². The zero-order chi connectivity index (χ0) is 19.6. The molecule has 0 aliphatic rings. The van der Waals surface area contributed by atoms with Crippen LogP contribution in [0.1, 0.15) is 39.5 Å². The number of esters is 2. The van der Waals surface area contributed by atoms with Gasteiger partial charge in [0.2, 0.25) is 11.8 Å². The number of carbonyl (C=O) groups excluding carboxylic acids is 4. The van der Waals surface area contributed by atoms with Crippen LogP contribution in [0.25, 0.3) is 0 Å². The molecule has 0 bridgehead atoms. The van der Waals surface area contributed by atoms with Crippen molar-refractivity contribution in [2.75, 3.05) is 26.3 Å². The summed E-state index contributed by atoms with van der Waals surface area (Å²) in [6.07, 6.45) is 7.89. The average Bonchev–Trinajstić information content (AvgIpc) is 2.61. The van der Waals surface area contributed by atoms with Crippen molar-refractivity contribution in [3.05, 3.63) is 24.3 Å². The summed E-state index contributed by atoms with van der Waals surface area (Å²) in [5.74, 6) is -1.75. The van der Waals surface area contributed by atoms with Crippen molar-refractivity contribution in [1.29, 1.82) is 0 Å². The van der Waals surface area contributed by atoms with Crippen molar-refractivity contribution in [1.82, 2.24) is 10.6 Å². The van der Waals surface area contributed by atoms with Gasteiger partial charge in [-0.15, -0.1) is 0 Å². The molecule has 0 saturated heterocycles. The summed E-state index contributed by atoms with van der Waals surface area (Å²) < 4.78 is 9.33. The molecule has 146 valence electrons. The van der Waals surface area contributed by atoms with Crippen molar-refractivity contribution in [3.63, 3.8) is 0 Å². The minimum absolute atomic E-state index is 0.271. The molecule has 0 rings (SSSR count). The lowest BCUT2D eigenvalue weighted by Gasteiger charge is -2.04. The second kappa shape index (κ2) is 15.9. The zero-order valence-corrected chi connectivity index (χ0v) is 15.4. The molecule has 0 aromatic carbocycles. The predicted octanol–water partition coefficient (Wildman–Crippen LogP) is 1.02. The Kier molecular flexibility index (Phi) is 14.3. The molecular formula is C18H28N2O6. The summed E-state index contributed by atoms with van der Waals surface area (Å²) in [4.78, 5) is 44.9. The SMILES string of the molecule is CCOC(=O)/C=C/C(=O)NCCCCCCNC(=O)/C=C/C(=O)OCC. The first kappa shape index (κ1) is 23.4. The first-order valence-corrected chi connectivity index (χ1v) is 8.74. The second-order valence-corrected chi connectivity index (χ2v) is 5.17. The summed E-state index contributed by atoms with van der Waals surface area (Å²) >= 11 is 0. The molecule has 26 heavy (non-hydrogen) atoms. The van der Waals surface area contributed by atoms with E-state index in [1.807, 2.05) is 0 Å². The molecule has 0 heterocycles. The highest BCUT2D eigenvalue weighted by Crippen LogP contribution is 1.98. The van der Waals surface area contributed by atoms with Crippen LogP contribution < -0.4 is 10.6 Å². The Balaban J connectivity index is 3.59. The molecule has 0 unspecified atom stereocenters. The normalized spacial score (nSPS) is 10.7. The van der Waals surface area contributed by atoms with Gasteiger partial charge in [0.15, 0.2) is 0 Å². The minimum atomic E-state index is -0.540.